The van der Waals surface area contributed by atoms with Gasteiger partial charge in [0.15, 0.2) is 0 Å². The predicted molar refractivity (Wildman–Crippen MR) is 233 cm³/mol. The van der Waals surface area contributed by atoms with Gasteiger partial charge in [-0.3, -0.25) is 0 Å². The normalized spacial score (nSPS) is 13.2. The first kappa shape index (κ1) is 30.4. The fourth-order valence-electron chi connectivity index (χ4n) is 10.1. The van der Waals surface area contributed by atoms with E-state index in [0.717, 1.165) is 0 Å². The quantitative estimate of drug-likeness (QED) is 0.161. The van der Waals surface area contributed by atoms with E-state index in [1.807, 2.05) is 0 Å². The molecule has 0 aliphatic heterocycles. The van der Waals surface area contributed by atoms with Crippen LogP contribution in [0.3, 0.4) is 0 Å². The Bertz CT molecular complexity index is 3240. The molecule has 0 N–H and O–H groups in total. The molecule has 0 heteroatoms. The van der Waals surface area contributed by atoms with E-state index < -0.39 is 5.41 Å². The van der Waals surface area contributed by atoms with Gasteiger partial charge in [-0.1, -0.05) is 188 Å². The van der Waals surface area contributed by atoms with Crippen LogP contribution >= 0.6 is 0 Å². The molecule has 0 spiro atoms. The van der Waals surface area contributed by atoms with Gasteiger partial charge < -0.3 is 0 Å². The Labute approximate surface area is 319 Å². The number of hydrogen-bond acceptors (Lipinski definition) is 0. The largest absolute Gasteiger partial charge is 0.0720 e. The molecule has 1 aliphatic rings. The van der Waals surface area contributed by atoms with E-state index in [2.05, 4.69) is 206 Å². The Kier molecular flexibility index (Phi) is 6.36. The van der Waals surface area contributed by atoms with Gasteiger partial charge in [0.1, 0.15) is 0 Å². The molecule has 1 aliphatic carbocycles. The highest BCUT2D eigenvalue weighted by Gasteiger charge is 2.48. The Balaban J connectivity index is 1.23. The molecule has 0 fully saturated rings. The minimum atomic E-state index is -0.570. The van der Waals surface area contributed by atoms with Crippen molar-refractivity contribution in [2.24, 2.45) is 0 Å². The van der Waals surface area contributed by atoms with Gasteiger partial charge >= 0.3 is 0 Å². The number of hydrogen-bond donors (Lipinski definition) is 0. The van der Waals surface area contributed by atoms with Crippen LogP contribution < -0.4 is 0 Å². The van der Waals surface area contributed by atoms with Crippen LogP contribution in [0.1, 0.15) is 22.3 Å². The molecule has 0 nitrogen and oxygen atoms in total. The molecule has 0 saturated heterocycles. The summed E-state index contributed by atoms with van der Waals surface area (Å²) in [6, 6.07) is 77.4. The fourth-order valence-corrected chi connectivity index (χ4v) is 10.1. The lowest BCUT2D eigenvalue weighted by molar-refractivity contribution is 0.776. The van der Waals surface area contributed by atoms with Crippen LogP contribution in [-0.4, -0.2) is 0 Å². The zero-order chi connectivity index (χ0) is 36.1. The van der Waals surface area contributed by atoms with Gasteiger partial charge in [-0.25, -0.2) is 0 Å². The van der Waals surface area contributed by atoms with E-state index in [-0.39, 0.29) is 0 Å². The van der Waals surface area contributed by atoms with E-state index in [1.54, 1.807) is 0 Å². The van der Waals surface area contributed by atoms with Gasteiger partial charge in [0.25, 0.3) is 0 Å². The summed E-state index contributed by atoms with van der Waals surface area (Å²) >= 11 is 0. The summed E-state index contributed by atoms with van der Waals surface area (Å²) in [5.74, 6) is 0. The van der Waals surface area contributed by atoms with Crippen molar-refractivity contribution < 1.29 is 0 Å². The van der Waals surface area contributed by atoms with Gasteiger partial charge in [-0.15, -0.1) is 0 Å². The molecule has 12 rings (SSSR count). The lowest BCUT2D eigenvalue weighted by Crippen LogP contribution is -2.29. The molecule has 0 heterocycles. The summed E-state index contributed by atoms with van der Waals surface area (Å²) in [5, 5.41) is 12.9. The van der Waals surface area contributed by atoms with E-state index in [0.29, 0.717) is 0 Å². The lowest BCUT2D eigenvalue weighted by atomic mass is 9.66. The van der Waals surface area contributed by atoms with Crippen molar-refractivity contribution in [3.05, 3.63) is 229 Å². The lowest BCUT2D eigenvalue weighted by Gasteiger charge is -2.35. The van der Waals surface area contributed by atoms with Crippen molar-refractivity contribution in [2.75, 3.05) is 0 Å². The molecule has 254 valence electrons. The third-order valence-corrected chi connectivity index (χ3v) is 12.4. The Hall–Kier alpha value is -7.02. The molecule has 0 saturated carbocycles. The fraction of sp³-hybridized carbons (Fsp3) is 0.0182. The van der Waals surface area contributed by atoms with Crippen molar-refractivity contribution in [2.45, 2.75) is 5.41 Å². The minimum absolute atomic E-state index is 0.570. The van der Waals surface area contributed by atoms with Crippen LogP contribution in [0.25, 0.3) is 87.2 Å². The van der Waals surface area contributed by atoms with Crippen LogP contribution in [0.4, 0.5) is 0 Å². The molecule has 11 aromatic carbocycles. The highest BCUT2D eigenvalue weighted by Crippen LogP contribution is 2.61. The first-order valence-corrected chi connectivity index (χ1v) is 19.3. The third-order valence-electron chi connectivity index (χ3n) is 12.4. The monoisotopic (exact) mass is 694 g/mol. The third kappa shape index (κ3) is 4.23. The predicted octanol–water partition coefficient (Wildman–Crippen LogP) is 14.6. The molecule has 0 unspecified atom stereocenters. The molecule has 0 amide bonds. The van der Waals surface area contributed by atoms with Crippen molar-refractivity contribution in [3.8, 4) is 33.4 Å². The smallest absolute Gasteiger partial charge is 0.0622 e. The van der Waals surface area contributed by atoms with Gasteiger partial charge in [0.2, 0.25) is 0 Å². The van der Waals surface area contributed by atoms with Crippen molar-refractivity contribution in [3.63, 3.8) is 0 Å². The SMILES string of the molecule is c1ccc(C2(c3ccccc3)c3cc(-c4ccc5ccc6cccc7ccc4c5c67)ccc3-c3c(-c4ccc5ccccc5c4)cc4ccccc4c32)cc1. The van der Waals surface area contributed by atoms with Crippen LogP contribution in [0.5, 0.6) is 0 Å². The Morgan fingerprint density at radius 3 is 1.60 bits per heavy atom. The number of fused-ring (bicyclic) bond motifs is 6. The molecule has 0 atom stereocenters. The topological polar surface area (TPSA) is 0 Å². The number of rotatable bonds is 4. The highest BCUT2D eigenvalue weighted by molar-refractivity contribution is 6.25. The van der Waals surface area contributed by atoms with E-state index in [1.165, 1.54) is 109 Å². The second-order valence-electron chi connectivity index (χ2n) is 15.2. The first-order valence-electron chi connectivity index (χ1n) is 19.3. The second-order valence-corrected chi connectivity index (χ2v) is 15.2. The average molecular weight is 695 g/mol. The van der Waals surface area contributed by atoms with E-state index >= 15 is 0 Å². The van der Waals surface area contributed by atoms with Crippen molar-refractivity contribution in [1.29, 1.82) is 0 Å². The molecular formula is C55H34. The summed E-state index contributed by atoms with van der Waals surface area (Å²) in [7, 11) is 0. The van der Waals surface area contributed by atoms with Gasteiger partial charge in [0.05, 0.1) is 5.41 Å². The molecule has 0 bridgehead atoms. The molecule has 0 radical (unpaired) electrons. The summed E-state index contributed by atoms with van der Waals surface area (Å²) in [6.45, 7) is 0. The zero-order valence-corrected chi connectivity index (χ0v) is 30.1. The second kappa shape index (κ2) is 11.5. The summed E-state index contributed by atoms with van der Waals surface area (Å²) in [5.41, 5.74) is 12.3. The Morgan fingerprint density at radius 1 is 0.291 bits per heavy atom. The van der Waals surface area contributed by atoms with Crippen LogP contribution in [0.15, 0.2) is 206 Å². The van der Waals surface area contributed by atoms with Gasteiger partial charge in [-0.05, 0) is 128 Å². The molecular weight excluding hydrogens is 661 g/mol. The van der Waals surface area contributed by atoms with E-state index in [4.69, 9.17) is 0 Å². The summed E-state index contributed by atoms with van der Waals surface area (Å²) < 4.78 is 0. The van der Waals surface area contributed by atoms with Crippen LogP contribution in [-0.2, 0) is 5.41 Å². The van der Waals surface area contributed by atoms with E-state index in [9.17, 15) is 0 Å². The first-order chi connectivity index (χ1) is 27.3. The maximum Gasteiger partial charge on any atom is 0.0720 e. The molecule has 0 aromatic heterocycles. The summed E-state index contributed by atoms with van der Waals surface area (Å²) in [4.78, 5) is 0. The maximum absolute atomic E-state index is 2.53. The average Bonchev–Trinajstić information content (AvgIpc) is 3.57. The van der Waals surface area contributed by atoms with Crippen LogP contribution in [0.2, 0.25) is 0 Å². The zero-order valence-electron chi connectivity index (χ0n) is 30.1. The summed E-state index contributed by atoms with van der Waals surface area (Å²) in [6.07, 6.45) is 0. The van der Waals surface area contributed by atoms with Crippen molar-refractivity contribution in [1.82, 2.24) is 0 Å². The number of benzene rings is 11. The van der Waals surface area contributed by atoms with Crippen LogP contribution in [0, 0.1) is 0 Å². The van der Waals surface area contributed by atoms with Gasteiger partial charge in [0, 0.05) is 0 Å². The van der Waals surface area contributed by atoms with Crippen molar-refractivity contribution >= 4 is 53.9 Å². The maximum atomic E-state index is 2.53. The minimum Gasteiger partial charge on any atom is -0.0622 e. The highest BCUT2D eigenvalue weighted by atomic mass is 14.5. The molecule has 55 heavy (non-hydrogen) atoms. The van der Waals surface area contributed by atoms with Gasteiger partial charge in [-0.2, -0.15) is 0 Å². The molecule has 11 aromatic rings. The standard InChI is InChI=1S/C55H34/c1-3-17-43(18-4-1)55(44-19-5-2-6-20-44)50-34-42(45-29-26-38-24-23-36-15-11-16-37-27-30-47(45)52(38)51(36)37)28-31-48(50)53-49(33-40-14-9-10-21-46(40)54(53)55)41-25-22-35-12-7-8-13-39(35)32-41/h1-34H. The Morgan fingerprint density at radius 2 is 0.836 bits per heavy atom.